The third-order valence-corrected chi connectivity index (χ3v) is 4.02. The van der Waals surface area contributed by atoms with Gasteiger partial charge in [0.1, 0.15) is 11.0 Å². The lowest BCUT2D eigenvalue weighted by atomic mass is 10.4. The molecular formula is C8H6BrNO2S2. The molecule has 0 fully saturated rings. The number of allylic oxidation sites excluding steroid dienone is 1. The number of hydrogen-bond acceptors (Lipinski definition) is 4. The van der Waals surface area contributed by atoms with Crippen LogP contribution in [0, 0.1) is 11.3 Å². The van der Waals surface area contributed by atoms with Crippen LogP contribution in [0.15, 0.2) is 20.8 Å². The molecule has 0 atom stereocenters. The summed E-state index contributed by atoms with van der Waals surface area (Å²) in [7, 11) is -3.41. The normalized spacial score (nSPS) is 12.5. The van der Waals surface area contributed by atoms with Gasteiger partial charge < -0.3 is 0 Å². The van der Waals surface area contributed by atoms with E-state index < -0.39 is 9.84 Å². The number of hydrogen-bond donors (Lipinski definition) is 0. The Morgan fingerprint density at radius 3 is 2.71 bits per heavy atom. The molecule has 1 rings (SSSR count). The van der Waals surface area contributed by atoms with Crippen molar-refractivity contribution < 1.29 is 8.42 Å². The first-order valence-corrected chi connectivity index (χ1v) is 7.06. The molecule has 0 aliphatic rings. The van der Waals surface area contributed by atoms with Crippen molar-refractivity contribution in [3.8, 4) is 6.07 Å². The zero-order valence-electron chi connectivity index (χ0n) is 7.19. The molecule has 1 heterocycles. The maximum Gasteiger partial charge on any atom is 0.185 e. The maximum absolute atomic E-state index is 11.1. The molecule has 0 aromatic carbocycles. The van der Waals surface area contributed by atoms with Crippen molar-refractivity contribution >= 4 is 43.2 Å². The summed E-state index contributed by atoms with van der Waals surface area (Å²) in [4.78, 5) is 0.519. The van der Waals surface area contributed by atoms with Gasteiger partial charge in [-0.1, -0.05) is 0 Å². The van der Waals surface area contributed by atoms with Gasteiger partial charge in [-0.25, -0.2) is 8.42 Å². The molecule has 0 amide bonds. The quantitative estimate of drug-likeness (QED) is 0.787. The molecule has 6 heteroatoms. The van der Waals surface area contributed by atoms with E-state index in [1.807, 2.05) is 5.38 Å². The van der Waals surface area contributed by atoms with Crippen LogP contribution in [0.4, 0.5) is 0 Å². The number of thiophene rings is 1. The Labute approximate surface area is 94.7 Å². The van der Waals surface area contributed by atoms with Gasteiger partial charge in [-0.05, 0) is 28.1 Å². The van der Waals surface area contributed by atoms with E-state index in [0.717, 1.165) is 15.6 Å². The third-order valence-electron chi connectivity index (χ3n) is 1.37. The second kappa shape index (κ2) is 4.26. The van der Waals surface area contributed by atoms with Gasteiger partial charge >= 0.3 is 0 Å². The highest BCUT2D eigenvalue weighted by atomic mass is 79.9. The van der Waals surface area contributed by atoms with Gasteiger partial charge in [0.2, 0.25) is 0 Å². The molecule has 0 radical (unpaired) electrons. The minimum atomic E-state index is -3.41. The number of nitrogens with zero attached hydrogens (tertiary/aromatic N) is 1. The van der Waals surface area contributed by atoms with Crippen molar-refractivity contribution in [2.24, 2.45) is 0 Å². The van der Waals surface area contributed by atoms with Crippen LogP contribution in [0.2, 0.25) is 0 Å². The number of nitriles is 1. The standard InChI is InChI=1S/C8H6BrNO2S2/c1-14(11,12)8(4-10)3-7-2-6(9)5-13-7/h2-3,5H,1H3. The molecule has 1 aromatic heterocycles. The smallest absolute Gasteiger partial charge is 0.185 e. The Balaban J connectivity index is 3.16. The highest BCUT2D eigenvalue weighted by Gasteiger charge is 2.10. The predicted molar refractivity (Wildman–Crippen MR) is 60.5 cm³/mol. The third kappa shape index (κ3) is 2.94. The Hall–Kier alpha value is -0.640. The van der Waals surface area contributed by atoms with E-state index in [1.165, 1.54) is 17.4 Å². The lowest BCUT2D eigenvalue weighted by Gasteiger charge is -1.91. The van der Waals surface area contributed by atoms with Crippen LogP contribution in [-0.2, 0) is 9.84 Å². The Morgan fingerprint density at radius 2 is 2.36 bits per heavy atom. The van der Waals surface area contributed by atoms with E-state index in [0.29, 0.717) is 0 Å². The summed E-state index contributed by atoms with van der Waals surface area (Å²) in [6.07, 6.45) is 2.38. The fourth-order valence-corrected chi connectivity index (χ4v) is 2.71. The molecule has 0 aliphatic carbocycles. The first-order valence-electron chi connectivity index (χ1n) is 3.49. The highest BCUT2D eigenvalue weighted by molar-refractivity contribution is 9.10. The minimum Gasteiger partial charge on any atom is -0.223 e. The lowest BCUT2D eigenvalue weighted by Crippen LogP contribution is -1.97. The minimum absolute atomic E-state index is 0.216. The number of sulfone groups is 1. The zero-order valence-corrected chi connectivity index (χ0v) is 10.4. The molecule has 1 aromatic rings. The molecule has 0 bridgehead atoms. The molecule has 74 valence electrons. The van der Waals surface area contributed by atoms with Crippen molar-refractivity contribution in [2.75, 3.05) is 6.26 Å². The second-order valence-corrected chi connectivity index (χ2v) is 6.40. The van der Waals surface area contributed by atoms with Crippen LogP contribution in [0.5, 0.6) is 0 Å². The molecule has 0 N–H and O–H groups in total. The van der Waals surface area contributed by atoms with Crippen LogP contribution < -0.4 is 0 Å². The van der Waals surface area contributed by atoms with Crippen molar-refractivity contribution in [2.45, 2.75) is 0 Å². The molecule has 0 unspecified atom stereocenters. The van der Waals surface area contributed by atoms with Gasteiger partial charge in [0, 0.05) is 21.0 Å². The van der Waals surface area contributed by atoms with Gasteiger partial charge in [-0.2, -0.15) is 5.26 Å². The molecule has 0 spiro atoms. The average Bonchev–Trinajstić information content (AvgIpc) is 2.45. The summed E-state index contributed by atoms with van der Waals surface area (Å²) in [6, 6.07) is 3.42. The van der Waals surface area contributed by atoms with E-state index in [4.69, 9.17) is 5.26 Å². The van der Waals surface area contributed by atoms with Crippen LogP contribution in [-0.4, -0.2) is 14.7 Å². The second-order valence-electron chi connectivity index (χ2n) is 2.56. The summed E-state index contributed by atoms with van der Waals surface area (Å²) in [5.41, 5.74) is 0. The summed E-state index contributed by atoms with van der Waals surface area (Å²) >= 11 is 4.61. The maximum atomic E-state index is 11.1. The molecule has 0 saturated heterocycles. The molecule has 0 saturated carbocycles. The monoisotopic (exact) mass is 291 g/mol. The summed E-state index contributed by atoms with van der Waals surface area (Å²) in [6.45, 7) is 0. The first kappa shape index (κ1) is 11.4. The summed E-state index contributed by atoms with van der Waals surface area (Å²) in [5.74, 6) is 0. The predicted octanol–water partition coefficient (Wildman–Crippen LogP) is 2.42. The van der Waals surface area contributed by atoms with E-state index in [-0.39, 0.29) is 4.91 Å². The van der Waals surface area contributed by atoms with Gasteiger partial charge in [-0.15, -0.1) is 11.3 Å². The molecule has 14 heavy (non-hydrogen) atoms. The van der Waals surface area contributed by atoms with Crippen molar-refractivity contribution in [1.82, 2.24) is 0 Å². The molecule has 0 aliphatic heterocycles. The zero-order chi connectivity index (χ0) is 10.8. The van der Waals surface area contributed by atoms with Gasteiger partial charge in [0.15, 0.2) is 9.84 Å². The van der Waals surface area contributed by atoms with Crippen LogP contribution >= 0.6 is 27.3 Å². The van der Waals surface area contributed by atoms with Crippen LogP contribution in [0.3, 0.4) is 0 Å². The van der Waals surface area contributed by atoms with Crippen LogP contribution in [0.25, 0.3) is 6.08 Å². The number of halogens is 1. The average molecular weight is 292 g/mol. The fourth-order valence-electron chi connectivity index (χ4n) is 0.755. The van der Waals surface area contributed by atoms with Gasteiger partial charge in [0.05, 0.1) is 0 Å². The summed E-state index contributed by atoms with van der Waals surface area (Å²) in [5, 5.41) is 10.4. The van der Waals surface area contributed by atoms with Crippen molar-refractivity contribution in [3.05, 3.63) is 25.7 Å². The SMILES string of the molecule is CS(=O)(=O)C(C#N)=Cc1cc(Br)cs1. The van der Waals surface area contributed by atoms with Crippen LogP contribution in [0.1, 0.15) is 4.88 Å². The molecular weight excluding hydrogens is 286 g/mol. The van der Waals surface area contributed by atoms with Crippen molar-refractivity contribution in [1.29, 1.82) is 5.26 Å². The Morgan fingerprint density at radius 1 is 1.71 bits per heavy atom. The van der Waals surface area contributed by atoms with E-state index in [1.54, 1.807) is 12.1 Å². The van der Waals surface area contributed by atoms with E-state index in [2.05, 4.69) is 15.9 Å². The van der Waals surface area contributed by atoms with E-state index in [9.17, 15) is 8.42 Å². The molecule has 3 nitrogen and oxygen atoms in total. The largest absolute Gasteiger partial charge is 0.223 e. The number of rotatable bonds is 2. The fraction of sp³-hybridized carbons (Fsp3) is 0.125. The van der Waals surface area contributed by atoms with Gasteiger partial charge in [0.25, 0.3) is 0 Å². The highest BCUT2D eigenvalue weighted by Crippen LogP contribution is 2.22. The lowest BCUT2D eigenvalue weighted by molar-refractivity contribution is 0.609. The van der Waals surface area contributed by atoms with Crippen molar-refractivity contribution in [3.63, 3.8) is 0 Å². The van der Waals surface area contributed by atoms with E-state index >= 15 is 0 Å². The van der Waals surface area contributed by atoms with Gasteiger partial charge in [-0.3, -0.25) is 0 Å². The first-order chi connectivity index (χ1) is 6.43. The Bertz CT molecular complexity index is 508. The summed E-state index contributed by atoms with van der Waals surface area (Å²) < 4.78 is 23.0. The topological polar surface area (TPSA) is 57.9 Å². The Kier molecular flexibility index (Phi) is 3.48.